The number of quaternary nitrogens is 1. The van der Waals surface area contributed by atoms with E-state index >= 15 is 0 Å². The zero-order valence-corrected chi connectivity index (χ0v) is 19.8. The Balaban J connectivity index is 0.00000312. The molecule has 25 heavy (non-hydrogen) atoms. The van der Waals surface area contributed by atoms with Crippen molar-refractivity contribution in [1.29, 1.82) is 0 Å². The fourth-order valence-electron chi connectivity index (χ4n) is 4.23. The molecule has 1 unspecified atom stereocenters. The molecule has 1 aliphatic rings. The Bertz CT molecular complexity index is 562. The van der Waals surface area contributed by atoms with E-state index in [2.05, 4.69) is 19.2 Å². The number of hydrogen-bond donors (Lipinski definition) is 1. The number of hydrogen-bond acceptors (Lipinski definition) is 1. The number of nitrogens with zero attached hydrogens (tertiary/aromatic N) is 1. The summed E-state index contributed by atoms with van der Waals surface area (Å²) in [4.78, 5) is 13.2. The Labute approximate surface area is 183 Å². The van der Waals surface area contributed by atoms with Crippen LogP contribution in [0.5, 0.6) is 0 Å². The van der Waals surface area contributed by atoms with Gasteiger partial charge in [-0.1, -0.05) is 18.5 Å². The second-order valence-corrected chi connectivity index (χ2v) is 7.69. The van der Waals surface area contributed by atoms with E-state index in [1.165, 1.54) is 19.3 Å². The van der Waals surface area contributed by atoms with Gasteiger partial charge in [-0.15, -0.1) is 0 Å². The smallest absolute Gasteiger partial charge is 0.282 e. The summed E-state index contributed by atoms with van der Waals surface area (Å²) in [6, 6.07) is 3.89. The van der Waals surface area contributed by atoms with Crippen molar-refractivity contribution in [3.8, 4) is 0 Å². The summed E-state index contributed by atoms with van der Waals surface area (Å²) >= 11 is 6.12. The molecule has 1 radical (unpaired) electrons. The molecular weight excluding hydrogens is 409 g/mol. The number of piperidine rings is 1. The molecule has 0 saturated carbocycles. The summed E-state index contributed by atoms with van der Waals surface area (Å²) in [6.07, 6.45) is 5.76. The fourth-order valence-corrected chi connectivity index (χ4v) is 4.56. The first-order valence-electron chi connectivity index (χ1n) is 9.37. The van der Waals surface area contributed by atoms with Gasteiger partial charge in [-0.3, -0.25) is 4.79 Å². The maximum absolute atomic E-state index is 13.2. The molecule has 5 heteroatoms. The van der Waals surface area contributed by atoms with Gasteiger partial charge >= 0.3 is 0 Å². The largest absolute Gasteiger partial charge is 0.320 e. The minimum atomic E-state index is 0. The van der Waals surface area contributed by atoms with E-state index in [4.69, 9.17) is 11.6 Å². The van der Waals surface area contributed by atoms with Crippen molar-refractivity contribution in [3.05, 3.63) is 28.3 Å². The predicted octanol–water partition coefficient (Wildman–Crippen LogP) is 5.08. The van der Waals surface area contributed by atoms with Gasteiger partial charge in [0.1, 0.15) is 0 Å². The van der Waals surface area contributed by atoms with Gasteiger partial charge in [0.25, 0.3) is 5.91 Å². The molecule has 1 fully saturated rings. The Kier molecular flexibility index (Phi) is 9.60. The number of anilines is 1. The molecule has 1 aromatic carbocycles. The minimum Gasteiger partial charge on any atom is -0.320 e. The van der Waals surface area contributed by atoms with Gasteiger partial charge in [0, 0.05) is 49.8 Å². The standard InChI is InChI=1S/C20H31ClN2O.Y/c1-5-10-18(23(6-2)11-8-7-9-12-23)20(24)22-19-15(3)13-17(21)14-16(19)4;/h13-14,18H,5-12H2,1-4H3;/p+1. The van der Waals surface area contributed by atoms with Crippen LogP contribution in [0.25, 0.3) is 0 Å². The quantitative estimate of drug-likeness (QED) is 0.614. The van der Waals surface area contributed by atoms with Crippen molar-refractivity contribution in [2.75, 3.05) is 25.0 Å². The number of rotatable bonds is 6. The third-order valence-corrected chi connectivity index (χ3v) is 5.83. The maximum Gasteiger partial charge on any atom is 0.282 e. The molecule has 2 rings (SSSR count). The van der Waals surface area contributed by atoms with Crippen molar-refractivity contribution in [2.24, 2.45) is 0 Å². The van der Waals surface area contributed by atoms with E-state index < -0.39 is 0 Å². The number of nitrogens with one attached hydrogen (secondary N) is 1. The summed E-state index contributed by atoms with van der Waals surface area (Å²) < 4.78 is 0.950. The van der Waals surface area contributed by atoms with E-state index in [-0.39, 0.29) is 44.7 Å². The second-order valence-electron chi connectivity index (χ2n) is 7.25. The molecule has 1 N–H and O–H groups in total. The van der Waals surface area contributed by atoms with Crippen LogP contribution in [-0.4, -0.2) is 36.1 Å². The van der Waals surface area contributed by atoms with Crippen LogP contribution in [0.4, 0.5) is 5.69 Å². The molecule has 3 nitrogen and oxygen atoms in total. The molecule has 1 aliphatic heterocycles. The molecule has 1 amide bonds. The predicted molar refractivity (Wildman–Crippen MR) is 103 cm³/mol. The number of likely N-dealkylation sites (tertiary alicyclic amines) is 1. The zero-order chi connectivity index (χ0) is 17.7. The van der Waals surface area contributed by atoms with E-state index in [0.717, 1.165) is 58.8 Å². The van der Waals surface area contributed by atoms with Gasteiger partial charge in [0.15, 0.2) is 6.04 Å². The van der Waals surface area contributed by atoms with Crippen LogP contribution in [0.1, 0.15) is 57.1 Å². The van der Waals surface area contributed by atoms with Crippen LogP contribution in [0.15, 0.2) is 12.1 Å². The number of benzene rings is 1. The second kappa shape index (κ2) is 10.4. The van der Waals surface area contributed by atoms with Gasteiger partial charge in [-0.2, -0.15) is 0 Å². The van der Waals surface area contributed by atoms with Gasteiger partial charge in [-0.25, -0.2) is 0 Å². The van der Waals surface area contributed by atoms with Crippen molar-refractivity contribution in [3.63, 3.8) is 0 Å². The third kappa shape index (κ3) is 5.51. The number of carbonyl (C=O) groups excluding carboxylic acids is 1. The van der Waals surface area contributed by atoms with E-state index in [1.807, 2.05) is 26.0 Å². The Morgan fingerprint density at radius 2 is 1.72 bits per heavy atom. The average Bonchev–Trinajstić information content (AvgIpc) is 2.56. The Hall–Kier alpha value is 0.0439. The van der Waals surface area contributed by atoms with Crippen molar-refractivity contribution >= 4 is 23.2 Å². The van der Waals surface area contributed by atoms with Crippen LogP contribution < -0.4 is 5.32 Å². The van der Waals surface area contributed by atoms with Crippen LogP contribution >= 0.6 is 11.6 Å². The molecule has 1 atom stereocenters. The van der Waals surface area contributed by atoms with Crippen molar-refractivity contribution in [2.45, 2.75) is 65.8 Å². The molecular formula is C20H32ClN2OY+. The maximum atomic E-state index is 13.2. The monoisotopic (exact) mass is 440 g/mol. The summed E-state index contributed by atoms with van der Waals surface area (Å²) in [5.74, 6) is 0.175. The Morgan fingerprint density at radius 3 is 2.20 bits per heavy atom. The fraction of sp³-hybridized carbons (Fsp3) is 0.650. The molecule has 1 aromatic rings. The average molecular weight is 441 g/mol. The zero-order valence-electron chi connectivity index (χ0n) is 16.2. The molecule has 1 heterocycles. The van der Waals surface area contributed by atoms with Gasteiger partial charge in [-0.05, 0) is 69.7 Å². The minimum absolute atomic E-state index is 0. The van der Waals surface area contributed by atoms with Crippen LogP contribution in [0, 0.1) is 13.8 Å². The summed E-state index contributed by atoms with van der Waals surface area (Å²) in [5, 5.41) is 3.96. The van der Waals surface area contributed by atoms with Crippen molar-refractivity contribution < 1.29 is 42.0 Å². The van der Waals surface area contributed by atoms with Crippen LogP contribution in [0.2, 0.25) is 5.02 Å². The van der Waals surface area contributed by atoms with Crippen LogP contribution in [0.3, 0.4) is 0 Å². The van der Waals surface area contributed by atoms with Crippen LogP contribution in [-0.2, 0) is 37.5 Å². The first-order chi connectivity index (χ1) is 11.4. The molecule has 0 bridgehead atoms. The molecule has 0 aliphatic carbocycles. The first kappa shape index (κ1) is 23.1. The number of likely N-dealkylation sites (N-methyl/N-ethyl adjacent to an activating group) is 1. The molecule has 0 spiro atoms. The van der Waals surface area contributed by atoms with Gasteiger partial charge in [0.05, 0.1) is 19.6 Å². The summed E-state index contributed by atoms with van der Waals surface area (Å²) in [5.41, 5.74) is 2.99. The first-order valence-corrected chi connectivity index (χ1v) is 9.74. The van der Waals surface area contributed by atoms with E-state index in [9.17, 15) is 4.79 Å². The topological polar surface area (TPSA) is 29.1 Å². The number of aryl methyl sites for hydroxylation is 2. The third-order valence-electron chi connectivity index (χ3n) is 5.61. The molecule has 137 valence electrons. The number of halogens is 1. The van der Waals surface area contributed by atoms with E-state index in [1.54, 1.807) is 0 Å². The summed E-state index contributed by atoms with van der Waals surface area (Å²) in [6.45, 7) is 11.7. The Morgan fingerprint density at radius 1 is 1.16 bits per heavy atom. The number of amides is 1. The van der Waals surface area contributed by atoms with Gasteiger partial charge < -0.3 is 9.80 Å². The molecule has 1 saturated heterocycles. The summed E-state index contributed by atoms with van der Waals surface area (Å²) in [7, 11) is 0. The van der Waals surface area contributed by atoms with Gasteiger partial charge in [0.2, 0.25) is 0 Å². The molecule has 0 aromatic heterocycles. The normalized spacial score (nSPS) is 17.5. The SMILES string of the molecule is CCCC(C(=O)Nc1c(C)cc(Cl)cc1C)[N+]1(CC)CCCCC1.[Y]. The van der Waals surface area contributed by atoms with Crippen molar-refractivity contribution in [1.82, 2.24) is 0 Å². The number of carbonyl (C=O) groups is 1. The van der Waals surface area contributed by atoms with E-state index in [0.29, 0.717) is 0 Å².